The van der Waals surface area contributed by atoms with Crippen molar-refractivity contribution >= 4 is 0 Å². The second-order valence-corrected chi connectivity index (χ2v) is 6.94. The summed E-state index contributed by atoms with van der Waals surface area (Å²) in [5.41, 5.74) is 7.43. The molecule has 3 heteroatoms. The van der Waals surface area contributed by atoms with Crippen LogP contribution in [0.1, 0.15) is 57.6 Å². The summed E-state index contributed by atoms with van der Waals surface area (Å²) < 4.78 is 19.6. The van der Waals surface area contributed by atoms with E-state index in [9.17, 15) is 4.39 Å². The highest BCUT2D eigenvalue weighted by molar-refractivity contribution is 5.39. The predicted octanol–water partition coefficient (Wildman–Crippen LogP) is 3.95. The van der Waals surface area contributed by atoms with E-state index in [2.05, 4.69) is 13.8 Å². The van der Waals surface area contributed by atoms with Crippen molar-refractivity contribution in [3.05, 3.63) is 29.6 Å². The number of halogens is 1. The summed E-state index contributed by atoms with van der Waals surface area (Å²) in [5.74, 6) is 0.401. The molecular weight excluding hydrogens is 241 g/mol. The van der Waals surface area contributed by atoms with Gasteiger partial charge in [0.1, 0.15) is 17.2 Å². The Morgan fingerprint density at radius 3 is 2.58 bits per heavy atom. The number of rotatable bonds is 0. The lowest BCUT2D eigenvalue weighted by atomic mass is 9.68. The van der Waals surface area contributed by atoms with Crippen LogP contribution in [0, 0.1) is 11.2 Å². The number of benzene rings is 1. The zero-order valence-electron chi connectivity index (χ0n) is 11.7. The average molecular weight is 263 g/mol. The number of hydrogen-bond acceptors (Lipinski definition) is 2. The molecule has 0 amide bonds. The first-order valence-electron chi connectivity index (χ1n) is 7.13. The number of ether oxygens (including phenoxy) is 1. The van der Waals surface area contributed by atoms with Gasteiger partial charge in [-0.25, -0.2) is 4.39 Å². The van der Waals surface area contributed by atoms with E-state index in [-0.39, 0.29) is 17.5 Å². The number of nitrogens with two attached hydrogens (primary N) is 1. The van der Waals surface area contributed by atoms with Crippen molar-refractivity contribution < 1.29 is 9.13 Å². The Hall–Kier alpha value is -1.09. The molecule has 1 aromatic carbocycles. The summed E-state index contributed by atoms with van der Waals surface area (Å²) in [5, 5.41) is 0. The summed E-state index contributed by atoms with van der Waals surface area (Å²) in [4.78, 5) is 0. The first-order chi connectivity index (χ1) is 8.89. The number of hydrogen-bond donors (Lipinski definition) is 1. The molecule has 1 heterocycles. The molecule has 1 aromatic rings. The Balaban J connectivity index is 1.88. The van der Waals surface area contributed by atoms with Gasteiger partial charge < -0.3 is 10.5 Å². The van der Waals surface area contributed by atoms with E-state index in [4.69, 9.17) is 10.5 Å². The molecule has 1 atom stereocenters. The fourth-order valence-corrected chi connectivity index (χ4v) is 3.38. The fraction of sp³-hybridized carbons (Fsp3) is 0.625. The van der Waals surface area contributed by atoms with Gasteiger partial charge in [0.15, 0.2) is 0 Å². The molecule has 2 nitrogen and oxygen atoms in total. The summed E-state index contributed by atoms with van der Waals surface area (Å²) in [6.45, 7) is 4.60. The quantitative estimate of drug-likeness (QED) is 0.769. The molecule has 1 aliphatic heterocycles. The van der Waals surface area contributed by atoms with E-state index in [0.29, 0.717) is 11.2 Å². The summed E-state index contributed by atoms with van der Waals surface area (Å²) in [6.07, 6.45) is 5.17. The molecule has 104 valence electrons. The molecule has 0 aromatic heterocycles. The highest BCUT2D eigenvalue weighted by atomic mass is 19.1. The highest BCUT2D eigenvalue weighted by Gasteiger charge is 2.44. The van der Waals surface area contributed by atoms with Gasteiger partial charge in [0.2, 0.25) is 0 Å². The summed E-state index contributed by atoms with van der Waals surface area (Å²) in [7, 11) is 0. The van der Waals surface area contributed by atoms with Crippen LogP contribution in [0.4, 0.5) is 4.39 Å². The van der Waals surface area contributed by atoms with Crippen LogP contribution in [-0.2, 0) is 0 Å². The molecule has 1 fully saturated rings. The SMILES string of the molecule is CC1(C)CCC2(CC1)C[C@@H](N)c1ccc(F)cc1O2. The van der Waals surface area contributed by atoms with Gasteiger partial charge in [-0.3, -0.25) is 0 Å². The Morgan fingerprint density at radius 2 is 1.89 bits per heavy atom. The van der Waals surface area contributed by atoms with Crippen molar-refractivity contribution in [3.8, 4) is 5.75 Å². The molecule has 0 unspecified atom stereocenters. The maximum absolute atomic E-state index is 13.4. The summed E-state index contributed by atoms with van der Waals surface area (Å²) in [6, 6.07) is 4.67. The van der Waals surface area contributed by atoms with Crippen LogP contribution in [-0.4, -0.2) is 5.60 Å². The zero-order valence-corrected chi connectivity index (χ0v) is 11.7. The van der Waals surface area contributed by atoms with Crippen molar-refractivity contribution in [2.24, 2.45) is 11.1 Å². The van der Waals surface area contributed by atoms with E-state index < -0.39 is 0 Å². The Kier molecular flexibility index (Phi) is 2.86. The van der Waals surface area contributed by atoms with Crippen LogP contribution in [0.5, 0.6) is 5.75 Å². The van der Waals surface area contributed by atoms with Gasteiger partial charge in [-0.15, -0.1) is 0 Å². The maximum Gasteiger partial charge on any atom is 0.127 e. The lowest BCUT2D eigenvalue weighted by molar-refractivity contribution is -0.0262. The van der Waals surface area contributed by atoms with Gasteiger partial charge in [-0.1, -0.05) is 19.9 Å². The monoisotopic (exact) mass is 263 g/mol. The minimum Gasteiger partial charge on any atom is -0.487 e. The standard InChI is InChI=1S/C16H22FNO/c1-15(2)5-7-16(8-6-15)10-13(18)12-4-3-11(17)9-14(12)19-16/h3-4,9,13H,5-8,10,18H2,1-2H3/t13-/m1/s1. The highest BCUT2D eigenvalue weighted by Crippen LogP contribution is 2.49. The molecule has 0 radical (unpaired) electrons. The molecule has 2 aliphatic rings. The third-order valence-corrected chi connectivity index (χ3v) is 4.81. The van der Waals surface area contributed by atoms with E-state index >= 15 is 0 Å². The third-order valence-electron chi connectivity index (χ3n) is 4.81. The van der Waals surface area contributed by atoms with Crippen molar-refractivity contribution in [1.82, 2.24) is 0 Å². The van der Waals surface area contributed by atoms with E-state index in [1.807, 2.05) is 0 Å². The largest absolute Gasteiger partial charge is 0.487 e. The topological polar surface area (TPSA) is 35.2 Å². The first-order valence-corrected chi connectivity index (χ1v) is 7.13. The molecule has 1 spiro atoms. The Labute approximate surface area is 114 Å². The van der Waals surface area contributed by atoms with Crippen LogP contribution >= 0.6 is 0 Å². The first kappa shape index (κ1) is 12.9. The maximum atomic E-state index is 13.4. The average Bonchev–Trinajstić information content (AvgIpc) is 2.33. The molecular formula is C16H22FNO. The Morgan fingerprint density at radius 1 is 1.21 bits per heavy atom. The van der Waals surface area contributed by atoms with Crippen molar-refractivity contribution in [1.29, 1.82) is 0 Å². The van der Waals surface area contributed by atoms with Gasteiger partial charge >= 0.3 is 0 Å². The van der Waals surface area contributed by atoms with Crippen molar-refractivity contribution in [2.75, 3.05) is 0 Å². The number of fused-ring (bicyclic) bond motifs is 1. The minimum atomic E-state index is -0.251. The fourth-order valence-electron chi connectivity index (χ4n) is 3.38. The zero-order chi connectivity index (χ0) is 13.7. The van der Waals surface area contributed by atoms with Gasteiger partial charge in [0, 0.05) is 24.1 Å². The smallest absolute Gasteiger partial charge is 0.127 e. The molecule has 2 N–H and O–H groups in total. The van der Waals surface area contributed by atoms with E-state index in [0.717, 1.165) is 37.7 Å². The minimum absolute atomic E-state index is 0.0365. The van der Waals surface area contributed by atoms with E-state index in [1.54, 1.807) is 6.07 Å². The van der Waals surface area contributed by atoms with Crippen LogP contribution < -0.4 is 10.5 Å². The normalized spacial score (nSPS) is 27.7. The van der Waals surface area contributed by atoms with Crippen LogP contribution in [0.2, 0.25) is 0 Å². The van der Waals surface area contributed by atoms with Gasteiger partial charge in [0.05, 0.1) is 0 Å². The molecule has 19 heavy (non-hydrogen) atoms. The molecule has 1 aliphatic carbocycles. The lowest BCUT2D eigenvalue weighted by Crippen LogP contribution is -2.47. The third kappa shape index (κ3) is 2.36. The molecule has 3 rings (SSSR count). The van der Waals surface area contributed by atoms with E-state index in [1.165, 1.54) is 12.1 Å². The Bertz CT molecular complexity index is 488. The molecule has 1 saturated carbocycles. The van der Waals surface area contributed by atoms with Crippen molar-refractivity contribution in [3.63, 3.8) is 0 Å². The van der Waals surface area contributed by atoms with Gasteiger partial charge in [0.25, 0.3) is 0 Å². The second-order valence-electron chi connectivity index (χ2n) is 6.94. The van der Waals surface area contributed by atoms with Crippen molar-refractivity contribution in [2.45, 2.75) is 57.6 Å². The second kappa shape index (κ2) is 4.20. The van der Waals surface area contributed by atoms with Gasteiger partial charge in [-0.2, -0.15) is 0 Å². The molecule has 0 saturated heterocycles. The van der Waals surface area contributed by atoms with Crippen LogP contribution in [0.15, 0.2) is 18.2 Å². The van der Waals surface area contributed by atoms with Crippen LogP contribution in [0.3, 0.4) is 0 Å². The summed E-state index contributed by atoms with van der Waals surface area (Å²) >= 11 is 0. The van der Waals surface area contributed by atoms with Gasteiger partial charge in [-0.05, 0) is 37.2 Å². The lowest BCUT2D eigenvalue weighted by Gasteiger charge is -2.47. The predicted molar refractivity (Wildman–Crippen MR) is 73.6 cm³/mol. The van der Waals surface area contributed by atoms with Crippen LogP contribution in [0.25, 0.3) is 0 Å². The molecule has 0 bridgehead atoms.